The van der Waals surface area contributed by atoms with Crippen LogP contribution in [-0.2, 0) is 16.1 Å². The molecule has 1 aliphatic carbocycles. The predicted octanol–water partition coefficient (Wildman–Crippen LogP) is 2.74. The van der Waals surface area contributed by atoms with E-state index in [1.54, 1.807) is 7.05 Å². The Bertz CT molecular complexity index is 1120. The van der Waals surface area contributed by atoms with Crippen molar-refractivity contribution in [3.8, 4) is 0 Å². The molecule has 1 fully saturated rings. The molecule has 0 spiro atoms. The van der Waals surface area contributed by atoms with Gasteiger partial charge in [0.05, 0.1) is 11.0 Å². The average Bonchev–Trinajstić information content (AvgIpc) is 3.29. The molecular weight excluding hydrogens is 451 g/mol. The molecule has 0 radical (unpaired) electrons. The summed E-state index contributed by atoms with van der Waals surface area (Å²) in [5.41, 5.74) is 4.30. The highest BCUT2D eigenvalue weighted by Crippen LogP contribution is 2.19. The Morgan fingerprint density at radius 1 is 1.21 bits per heavy atom. The normalized spacial score (nSPS) is 14.6. The molecule has 0 bridgehead atoms. The molecule has 3 rings (SSSR count). The van der Waals surface area contributed by atoms with Gasteiger partial charge >= 0.3 is 6.18 Å². The van der Waals surface area contributed by atoms with Gasteiger partial charge in [-0.1, -0.05) is 12.8 Å². The van der Waals surface area contributed by atoms with Crippen molar-refractivity contribution in [1.82, 2.24) is 20.2 Å². The summed E-state index contributed by atoms with van der Waals surface area (Å²) in [6.45, 7) is 5.90. The van der Waals surface area contributed by atoms with E-state index in [-0.39, 0.29) is 11.6 Å². The van der Waals surface area contributed by atoms with Crippen molar-refractivity contribution in [3.63, 3.8) is 0 Å². The molecule has 186 valence electrons. The maximum atomic E-state index is 12.4. The number of halogens is 3. The van der Waals surface area contributed by atoms with Crippen molar-refractivity contribution in [2.75, 3.05) is 13.6 Å². The number of amides is 2. The SMILES string of the molecule is CC(=O)C(F)(F)F.CNC(=O)c1nc2cc(C)c(C)cc2n(CCNC2CCCC2)c1=NC=O. The first-order valence-electron chi connectivity index (χ1n) is 11.0. The van der Waals surface area contributed by atoms with E-state index in [0.717, 1.165) is 28.7 Å². The Hall–Kier alpha value is -3.08. The van der Waals surface area contributed by atoms with Crippen LogP contribution in [0.15, 0.2) is 17.1 Å². The highest BCUT2D eigenvalue weighted by Gasteiger charge is 2.33. The minimum Gasteiger partial charge on any atom is -0.354 e. The van der Waals surface area contributed by atoms with Crippen LogP contribution < -0.4 is 16.1 Å². The minimum atomic E-state index is -4.64. The van der Waals surface area contributed by atoms with E-state index < -0.39 is 12.0 Å². The van der Waals surface area contributed by atoms with Gasteiger partial charge in [0.1, 0.15) is 0 Å². The molecule has 8 nitrogen and oxygen atoms in total. The second-order valence-corrected chi connectivity index (χ2v) is 8.16. The topological polar surface area (TPSA) is 105 Å². The van der Waals surface area contributed by atoms with Crippen LogP contribution in [0.4, 0.5) is 13.2 Å². The first-order valence-corrected chi connectivity index (χ1v) is 11.0. The van der Waals surface area contributed by atoms with Crippen LogP contribution in [0.25, 0.3) is 11.0 Å². The summed E-state index contributed by atoms with van der Waals surface area (Å²) in [7, 11) is 1.55. The van der Waals surface area contributed by atoms with Crippen LogP contribution in [0.3, 0.4) is 0 Å². The summed E-state index contributed by atoms with van der Waals surface area (Å²) < 4.78 is 34.4. The summed E-state index contributed by atoms with van der Waals surface area (Å²) in [4.78, 5) is 41.3. The monoisotopic (exact) mass is 481 g/mol. The molecule has 11 heteroatoms. The van der Waals surface area contributed by atoms with Gasteiger partial charge in [0.15, 0.2) is 11.2 Å². The van der Waals surface area contributed by atoms with E-state index in [1.807, 2.05) is 30.5 Å². The number of nitrogens with zero attached hydrogens (tertiary/aromatic N) is 3. The number of aromatic nitrogens is 2. The Kier molecular flexibility index (Phi) is 9.48. The molecule has 1 saturated carbocycles. The van der Waals surface area contributed by atoms with Crippen molar-refractivity contribution in [2.45, 2.75) is 65.2 Å². The molecule has 0 aliphatic heterocycles. The average molecular weight is 482 g/mol. The molecule has 0 unspecified atom stereocenters. The van der Waals surface area contributed by atoms with E-state index in [4.69, 9.17) is 0 Å². The number of carbonyl (C=O) groups excluding carboxylic acids is 3. The third-order valence-corrected chi connectivity index (χ3v) is 5.72. The maximum absolute atomic E-state index is 12.4. The Morgan fingerprint density at radius 3 is 2.32 bits per heavy atom. The molecule has 2 amide bonds. The van der Waals surface area contributed by atoms with Gasteiger partial charge in [0.2, 0.25) is 12.2 Å². The molecule has 1 aliphatic rings. The highest BCUT2D eigenvalue weighted by atomic mass is 19.4. The number of nitrogens with one attached hydrogen (secondary N) is 2. The summed E-state index contributed by atoms with van der Waals surface area (Å²) >= 11 is 0. The van der Waals surface area contributed by atoms with Gasteiger partial charge in [-0.3, -0.25) is 14.4 Å². The fraction of sp³-hybridized carbons (Fsp3) is 0.522. The number of alkyl halides is 3. The molecule has 1 aromatic carbocycles. The Labute approximate surface area is 195 Å². The van der Waals surface area contributed by atoms with Crippen molar-refractivity contribution in [3.05, 3.63) is 34.4 Å². The third-order valence-electron chi connectivity index (χ3n) is 5.72. The van der Waals surface area contributed by atoms with E-state index in [1.165, 1.54) is 25.7 Å². The molecule has 0 atom stereocenters. The maximum Gasteiger partial charge on any atom is 0.449 e. The smallest absolute Gasteiger partial charge is 0.354 e. The first-order chi connectivity index (χ1) is 16.0. The van der Waals surface area contributed by atoms with Crippen molar-refractivity contribution < 1.29 is 27.6 Å². The van der Waals surface area contributed by atoms with Crippen LogP contribution in [0, 0.1) is 13.8 Å². The van der Waals surface area contributed by atoms with Crippen LogP contribution in [0.1, 0.15) is 54.2 Å². The zero-order valence-electron chi connectivity index (χ0n) is 19.8. The fourth-order valence-corrected chi connectivity index (χ4v) is 3.69. The number of Topliss-reactive ketones (excluding diaryl/α,β-unsaturated/α-hetero) is 1. The van der Waals surface area contributed by atoms with E-state index in [0.29, 0.717) is 31.4 Å². The lowest BCUT2D eigenvalue weighted by Gasteiger charge is -2.17. The van der Waals surface area contributed by atoms with Crippen molar-refractivity contribution in [1.29, 1.82) is 0 Å². The van der Waals surface area contributed by atoms with Gasteiger partial charge in [0.25, 0.3) is 5.91 Å². The standard InChI is InChI=1S/C20H27N5O2.C3H3F3O/c1-13-10-16-17(11-14(13)2)25(9-8-22-15-6-4-5-7-15)19(23-12-26)18(24-16)20(27)21-3;1-2(7)3(4,5)6/h10-12,15,22H,4-9H2,1-3H3,(H,21,27);1H3. The van der Waals surface area contributed by atoms with E-state index in [2.05, 4.69) is 20.6 Å². The number of rotatable bonds is 6. The van der Waals surface area contributed by atoms with Crippen molar-refractivity contribution in [2.24, 2.45) is 4.99 Å². The number of hydrogen-bond acceptors (Lipinski definition) is 5. The van der Waals surface area contributed by atoms with Gasteiger partial charge in [0, 0.05) is 33.1 Å². The Morgan fingerprint density at radius 2 is 1.79 bits per heavy atom. The van der Waals surface area contributed by atoms with Gasteiger partial charge < -0.3 is 15.2 Å². The quantitative estimate of drug-likeness (QED) is 0.618. The molecule has 2 aromatic rings. The second kappa shape index (κ2) is 11.9. The van der Waals surface area contributed by atoms with Crippen LogP contribution in [-0.4, -0.2) is 53.5 Å². The zero-order chi connectivity index (χ0) is 25.5. The first kappa shape index (κ1) is 27.2. The molecule has 1 aromatic heterocycles. The number of hydrogen-bond donors (Lipinski definition) is 2. The number of ketones is 1. The van der Waals surface area contributed by atoms with Gasteiger partial charge in [-0.15, -0.1) is 0 Å². The van der Waals surface area contributed by atoms with Gasteiger partial charge in [-0.25, -0.2) is 4.98 Å². The van der Waals surface area contributed by atoms with E-state index in [9.17, 15) is 27.6 Å². The molecule has 2 N–H and O–H groups in total. The summed E-state index contributed by atoms with van der Waals surface area (Å²) in [5, 5.41) is 6.17. The molecular formula is C23H30F3N5O3. The minimum absolute atomic E-state index is 0.168. The van der Waals surface area contributed by atoms with Crippen LogP contribution in [0.2, 0.25) is 0 Å². The van der Waals surface area contributed by atoms with Crippen LogP contribution in [0.5, 0.6) is 0 Å². The summed E-state index contributed by atoms with van der Waals surface area (Å²) in [6, 6.07) is 4.57. The second-order valence-electron chi connectivity index (χ2n) is 8.16. The summed E-state index contributed by atoms with van der Waals surface area (Å²) in [5.74, 6) is -2.11. The Balaban J connectivity index is 0.000000509. The largest absolute Gasteiger partial charge is 0.449 e. The number of carbonyl (C=O) groups is 3. The van der Waals surface area contributed by atoms with Gasteiger partial charge in [-0.05, 0) is 49.9 Å². The van der Waals surface area contributed by atoms with Crippen LogP contribution >= 0.6 is 0 Å². The lowest BCUT2D eigenvalue weighted by molar-refractivity contribution is -0.168. The van der Waals surface area contributed by atoms with Crippen molar-refractivity contribution >= 4 is 29.1 Å². The zero-order valence-corrected chi connectivity index (χ0v) is 19.8. The number of fused-ring (bicyclic) bond motifs is 1. The number of aryl methyl sites for hydroxylation is 2. The lowest BCUT2D eigenvalue weighted by atomic mass is 10.1. The lowest BCUT2D eigenvalue weighted by Crippen LogP contribution is -2.37. The molecule has 1 heterocycles. The highest BCUT2D eigenvalue weighted by molar-refractivity contribution is 5.93. The molecule has 0 saturated heterocycles. The molecule has 34 heavy (non-hydrogen) atoms. The third kappa shape index (κ3) is 6.96. The number of benzene rings is 1. The fourth-order valence-electron chi connectivity index (χ4n) is 3.69. The van der Waals surface area contributed by atoms with E-state index >= 15 is 0 Å². The summed E-state index contributed by atoms with van der Waals surface area (Å²) in [6.07, 6.45) is 0.781. The predicted molar refractivity (Wildman–Crippen MR) is 121 cm³/mol. The van der Waals surface area contributed by atoms with Gasteiger partial charge in [-0.2, -0.15) is 18.2 Å².